The second-order valence-corrected chi connectivity index (χ2v) is 7.40. The topological polar surface area (TPSA) is 79.6 Å². The van der Waals surface area contributed by atoms with Gasteiger partial charge in [-0.25, -0.2) is 9.67 Å². The first-order chi connectivity index (χ1) is 13.4. The number of guanidine groups is 1. The normalized spacial score (nSPS) is 23.7. The molecule has 2 N–H and O–H groups in total. The van der Waals surface area contributed by atoms with E-state index in [1.165, 1.54) is 4.90 Å². The van der Waals surface area contributed by atoms with Gasteiger partial charge in [0.2, 0.25) is 0 Å². The Balaban J connectivity index is 1.44. The Labute approximate surface area is 162 Å². The van der Waals surface area contributed by atoms with Crippen LogP contribution in [0.15, 0.2) is 4.99 Å². The van der Waals surface area contributed by atoms with E-state index in [9.17, 15) is 13.2 Å². The molecule has 1 saturated heterocycles. The van der Waals surface area contributed by atoms with Crippen molar-refractivity contribution in [1.29, 1.82) is 0 Å². The number of methoxy groups -OCH3 is 1. The molecule has 0 bridgehead atoms. The summed E-state index contributed by atoms with van der Waals surface area (Å²) in [7, 11) is 3.31. The van der Waals surface area contributed by atoms with Crippen molar-refractivity contribution in [2.45, 2.75) is 44.6 Å². The van der Waals surface area contributed by atoms with Gasteiger partial charge in [0.1, 0.15) is 12.4 Å². The molecule has 1 fully saturated rings. The Bertz CT molecular complexity index is 676. The van der Waals surface area contributed by atoms with Crippen molar-refractivity contribution in [3.05, 3.63) is 11.6 Å². The van der Waals surface area contributed by atoms with E-state index in [1.54, 1.807) is 14.2 Å². The fourth-order valence-electron chi connectivity index (χ4n) is 3.77. The van der Waals surface area contributed by atoms with Gasteiger partial charge >= 0.3 is 6.18 Å². The van der Waals surface area contributed by atoms with Crippen LogP contribution in [0, 0.1) is 5.92 Å². The van der Waals surface area contributed by atoms with Crippen molar-refractivity contribution in [3.63, 3.8) is 0 Å². The summed E-state index contributed by atoms with van der Waals surface area (Å²) in [6, 6.07) is 0.168. The third kappa shape index (κ3) is 5.81. The van der Waals surface area contributed by atoms with Gasteiger partial charge in [-0.3, -0.25) is 9.89 Å². The molecule has 0 amide bonds. The van der Waals surface area contributed by atoms with Crippen LogP contribution in [-0.4, -0.2) is 78.2 Å². The van der Waals surface area contributed by atoms with Gasteiger partial charge in [0, 0.05) is 39.7 Å². The van der Waals surface area contributed by atoms with E-state index >= 15 is 0 Å². The first-order valence-electron chi connectivity index (χ1n) is 9.54. The first-order valence-corrected chi connectivity index (χ1v) is 9.54. The maximum atomic E-state index is 12.5. The summed E-state index contributed by atoms with van der Waals surface area (Å²) in [5.41, 5.74) is 0. The van der Waals surface area contributed by atoms with Gasteiger partial charge in [0.05, 0.1) is 13.1 Å². The molecule has 0 aromatic carbocycles. The van der Waals surface area contributed by atoms with Crippen LogP contribution in [0.25, 0.3) is 0 Å². The lowest BCUT2D eigenvalue weighted by Crippen LogP contribution is -2.48. The Morgan fingerprint density at radius 3 is 2.86 bits per heavy atom. The number of fused-ring (bicyclic) bond motifs is 1. The molecule has 1 aromatic heterocycles. The van der Waals surface area contributed by atoms with Crippen LogP contribution in [0.1, 0.15) is 24.5 Å². The first kappa shape index (κ1) is 20.8. The minimum absolute atomic E-state index is 0.168. The number of nitrogens with one attached hydrogen (secondary N) is 2. The van der Waals surface area contributed by atoms with Crippen LogP contribution in [0.3, 0.4) is 0 Å². The van der Waals surface area contributed by atoms with Gasteiger partial charge in [-0.1, -0.05) is 0 Å². The third-order valence-corrected chi connectivity index (χ3v) is 5.07. The van der Waals surface area contributed by atoms with E-state index < -0.39 is 12.7 Å². The van der Waals surface area contributed by atoms with Crippen molar-refractivity contribution < 1.29 is 17.9 Å². The van der Waals surface area contributed by atoms with Crippen molar-refractivity contribution in [3.8, 4) is 0 Å². The molecule has 3 heterocycles. The predicted molar refractivity (Wildman–Crippen MR) is 97.9 cm³/mol. The monoisotopic (exact) mass is 403 g/mol. The molecule has 0 saturated carbocycles. The van der Waals surface area contributed by atoms with Crippen molar-refractivity contribution in [2.24, 2.45) is 10.9 Å². The number of likely N-dealkylation sites (tertiary alicyclic amines) is 1. The lowest BCUT2D eigenvalue weighted by Gasteiger charge is -2.26. The molecule has 11 heteroatoms. The maximum Gasteiger partial charge on any atom is 0.401 e. The minimum Gasteiger partial charge on any atom is -0.377 e. The number of aromatic nitrogens is 3. The largest absolute Gasteiger partial charge is 0.401 e. The minimum atomic E-state index is -4.13. The van der Waals surface area contributed by atoms with Crippen LogP contribution in [0.4, 0.5) is 13.2 Å². The standard InChI is InChI=1S/C17H28F3N7O/c1-21-16(22-7-12-5-6-26(8-12)11-17(18,19)20)23-13-3-4-15-24-14(10-28-2)25-27(15)9-13/h12-13H,3-11H2,1-2H3,(H2,21,22,23). The average Bonchev–Trinajstić information content (AvgIpc) is 3.23. The molecule has 8 nitrogen and oxygen atoms in total. The number of rotatable bonds is 6. The van der Waals surface area contributed by atoms with E-state index in [4.69, 9.17) is 4.74 Å². The maximum absolute atomic E-state index is 12.5. The molecular formula is C17H28F3N7O. The van der Waals surface area contributed by atoms with E-state index in [2.05, 4.69) is 25.7 Å². The van der Waals surface area contributed by atoms with E-state index in [0.29, 0.717) is 44.6 Å². The highest BCUT2D eigenvalue weighted by Gasteiger charge is 2.34. The van der Waals surface area contributed by atoms with E-state index in [0.717, 1.165) is 25.1 Å². The van der Waals surface area contributed by atoms with Gasteiger partial charge in [0.15, 0.2) is 11.8 Å². The fraction of sp³-hybridized carbons (Fsp3) is 0.824. The Hall–Kier alpha value is -1.88. The number of aliphatic imine (C=N–C) groups is 1. The van der Waals surface area contributed by atoms with Gasteiger partial charge in [-0.2, -0.15) is 18.3 Å². The quantitative estimate of drug-likeness (QED) is 0.540. The van der Waals surface area contributed by atoms with Gasteiger partial charge in [-0.15, -0.1) is 0 Å². The van der Waals surface area contributed by atoms with Crippen molar-refractivity contribution >= 4 is 5.96 Å². The SMILES string of the molecule is CN=C(NCC1CCN(CC(F)(F)F)C1)NC1CCc2nc(COC)nn2C1. The van der Waals surface area contributed by atoms with Gasteiger partial charge < -0.3 is 15.4 Å². The van der Waals surface area contributed by atoms with Crippen molar-refractivity contribution in [2.75, 3.05) is 40.3 Å². The molecule has 1 aromatic rings. The van der Waals surface area contributed by atoms with Crippen LogP contribution < -0.4 is 10.6 Å². The zero-order valence-electron chi connectivity index (χ0n) is 16.3. The highest BCUT2D eigenvalue weighted by atomic mass is 19.4. The van der Waals surface area contributed by atoms with Crippen LogP contribution in [0.2, 0.25) is 0 Å². The predicted octanol–water partition coefficient (Wildman–Crippen LogP) is 0.788. The zero-order valence-corrected chi connectivity index (χ0v) is 16.3. The number of ether oxygens (including phenoxy) is 1. The molecule has 0 spiro atoms. The number of hydrogen-bond acceptors (Lipinski definition) is 5. The fourth-order valence-corrected chi connectivity index (χ4v) is 3.77. The summed E-state index contributed by atoms with van der Waals surface area (Å²) < 4.78 is 44.5. The average molecular weight is 403 g/mol. The summed E-state index contributed by atoms with van der Waals surface area (Å²) in [4.78, 5) is 10.2. The van der Waals surface area contributed by atoms with E-state index in [1.807, 2.05) is 4.68 Å². The summed E-state index contributed by atoms with van der Waals surface area (Å²) in [5, 5.41) is 11.1. The summed E-state index contributed by atoms with van der Waals surface area (Å²) in [6.45, 7) is 1.80. The second-order valence-electron chi connectivity index (χ2n) is 7.40. The molecular weight excluding hydrogens is 375 g/mol. The number of aryl methyl sites for hydroxylation is 1. The summed E-state index contributed by atoms with van der Waals surface area (Å²) in [5.74, 6) is 2.50. The number of hydrogen-bond donors (Lipinski definition) is 2. The summed E-state index contributed by atoms with van der Waals surface area (Å²) in [6.07, 6.45) is -1.65. The second kappa shape index (κ2) is 9.08. The third-order valence-electron chi connectivity index (χ3n) is 5.07. The molecule has 2 aliphatic heterocycles. The molecule has 2 aliphatic rings. The Kier molecular flexibility index (Phi) is 6.76. The number of alkyl halides is 3. The van der Waals surface area contributed by atoms with Gasteiger partial charge in [-0.05, 0) is 25.3 Å². The smallest absolute Gasteiger partial charge is 0.377 e. The summed E-state index contributed by atoms with van der Waals surface area (Å²) >= 11 is 0. The molecule has 2 atom stereocenters. The molecule has 0 radical (unpaired) electrons. The number of halogens is 3. The lowest BCUT2D eigenvalue weighted by molar-refractivity contribution is -0.143. The molecule has 158 valence electrons. The zero-order chi connectivity index (χ0) is 20.1. The molecule has 3 rings (SSSR count). The van der Waals surface area contributed by atoms with Crippen molar-refractivity contribution in [1.82, 2.24) is 30.3 Å². The Morgan fingerprint density at radius 1 is 1.32 bits per heavy atom. The van der Waals surface area contributed by atoms with Crippen LogP contribution in [0.5, 0.6) is 0 Å². The van der Waals surface area contributed by atoms with Gasteiger partial charge in [0.25, 0.3) is 0 Å². The highest BCUT2D eigenvalue weighted by Crippen LogP contribution is 2.22. The molecule has 0 aliphatic carbocycles. The molecule has 28 heavy (non-hydrogen) atoms. The van der Waals surface area contributed by atoms with Crippen LogP contribution >= 0.6 is 0 Å². The van der Waals surface area contributed by atoms with Crippen LogP contribution in [-0.2, 0) is 24.3 Å². The highest BCUT2D eigenvalue weighted by molar-refractivity contribution is 5.79. The molecule has 2 unspecified atom stereocenters. The Morgan fingerprint density at radius 2 is 2.14 bits per heavy atom. The number of nitrogens with zero attached hydrogens (tertiary/aromatic N) is 5. The van der Waals surface area contributed by atoms with E-state index in [-0.39, 0.29) is 12.0 Å². The lowest BCUT2D eigenvalue weighted by atomic mass is 10.1.